The van der Waals surface area contributed by atoms with Gasteiger partial charge in [0.2, 0.25) is 0 Å². The molecule has 15 heavy (non-hydrogen) atoms. The van der Waals surface area contributed by atoms with Crippen LogP contribution in [0, 0.1) is 5.82 Å². The molecule has 0 atom stereocenters. The van der Waals surface area contributed by atoms with Gasteiger partial charge >= 0.3 is 0 Å². The van der Waals surface area contributed by atoms with Crippen molar-refractivity contribution in [3.8, 4) is 11.5 Å². The Morgan fingerprint density at radius 2 is 2.07 bits per heavy atom. The largest absolute Gasteiger partial charge is 0.504 e. The van der Waals surface area contributed by atoms with Gasteiger partial charge in [-0.1, -0.05) is 0 Å². The van der Waals surface area contributed by atoms with Crippen molar-refractivity contribution in [3.05, 3.63) is 21.9 Å². The third-order valence-electron chi connectivity index (χ3n) is 2.69. The van der Waals surface area contributed by atoms with Gasteiger partial charge in [-0.05, 0) is 35.2 Å². The number of rotatable bonds is 2. The van der Waals surface area contributed by atoms with Crippen LogP contribution in [-0.2, 0) is 6.42 Å². The van der Waals surface area contributed by atoms with Gasteiger partial charge in [0.25, 0.3) is 0 Å². The van der Waals surface area contributed by atoms with Gasteiger partial charge in [-0.3, -0.25) is 0 Å². The summed E-state index contributed by atoms with van der Waals surface area (Å²) in [5.41, 5.74) is 5.86. The van der Waals surface area contributed by atoms with E-state index in [1.807, 2.05) is 0 Å². The van der Waals surface area contributed by atoms with E-state index in [4.69, 9.17) is 10.8 Å². The number of hydrogen-bond acceptors (Lipinski definition) is 3. The van der Waals surface area contributed by atoms with Gasteiger partial charge in [0, 0.05) is 17.2 Å². The molecule has 0 heterocycles. The van der Waals surface area contributed by atoms with Gasteiger partial charge in [-0.25, -0.2) is 4.39 Å². The van der Waals surface area contributed by atoms with Gasteiger partial charge in [0.05, 0.1) is 4.47 Å². The van der Waals surface area contributed by atoms with Crippen LogP contribution in [0.25, 0.3) is 0 Å². The van der Waals surface area contributed by atoms with Crippen molar-refractivity contribution < 1.29 is 14.6 Å². The summed E-state index contributed by atoms with van der Waals surface area (Å²) in [5.74, 6) is -1.35. The second kappa shape index (κ2) is 3.35. The molecule has 0 saturated heterocycles. The molecule has 1 aliphatic rings. The van der Waals surface area contributed by atoms with Crippen LogP contribution in [0.5, 0.6) is 11.5 Å². The van der Waals surface area contributed by atoms with E-state index < -0.39 is 11.6 Å². The number of phenols is 2. The fourth-order valence-corrected chi connectivity index (χ4v) is 2.02. The summed E-state index contributed by atoms with van der Waals surface area (Å²) in [7, 11) is 0. The maximum absolute atomic E-state index is 13.5. The lowest BCUT2D eigenvalue weighted by Crippen LogP contribution is -2.25. The first-order chi connectivity index (χ1) is 6.93. The van der Waals surface area contributed by atoms with Gasteiger partial charge in [0.1, 0.15) is 5.82 Å². The van der Waals surface area contributed by atoms with E-state index in [-0.39, 0.29) is 15.8 Å². The van der Waals surface area contributed by atoms with Crippen molar-refractivity contribution in [1.82, 2.24) is 0 Å². The Balaban J connectivity index is 2.41. The topological polar surface area (TPSA) is 66.5 Å². The van der Waals surface area contributed by atoms with Gasteiger partial charge in [0.15, 0.2) is 11.5 Å². The summed E-state index contributed by atoms with van der Waals surface area (Å²) in [6.45, 7) is 0. The fraction of sp³-hybridized carbons (Fsp3) is 0.400. The number of nitrogens with two attached hydrogens (primary N) is 1. The summed E-state index contributed by atoms with van der Waals surface area (Å²) < 4.78 is 13.7. The van der Waals surface area contributed by atoms with E-state index in [1.165, 1.54) is 0 Å². The molecule has 1 aromatic rings. The third-order valence-corrected chi connectivity index (χ3v) is 3.54. The lowest BCUT2D eigenvalue weighted by molar-refractivity contribution is 0.395. The maximum Gasteiger partial charge on any atom is 0.172 e. The van der Waals surface area contributed by atoms with Gasteiger partial charge < -0.3 is 15.9 Å². The molecule has 0 amide bonds. The fourth-order valence-electron chi connectivity index (χ4n) is 1.49. The van der Waals surface area contributed by atoms with Gasteiger partial charge in [-0.2, -0.15) is 0 Å². The van der Waals surface area contributed by atoms with Crippen molar-refractivity contribution in [2.75, 3.05) is 0 Å². The quantitative estimate of drug-likeness (QED) is 0.724. The standard InChI is InChI=1S/C10H11BrFNO2/c11-8-5(4-10(13)1-2-10)6(12)3-7(14)9(8)15/h3,14-15H,1-2,4,13H2. The van der Waals surface area contributed by atoms with Crippen molar-refractivity contribution in [1.29, 1.82) is 0 Å². The zero-order chi connectivity index (χ0) is 11.2. The highest BCUT2D eigenvalue weighted by Crippen LogP contribution is 2.43. The smallest absolute Gasteiger partial charge is 0.172 e. The number of halogens is 2. The summed E-state index contributed by atoms with van der Waals surface area (Å²) in [6.07, 6.45) is 2.09. The molecular formula is C10H11BrFNO2. The first-order valence-corrected chi connectivity index (χ1v) is 5.40. The van der Waals surface area contributed by atoms with E-state index in [1.54, 1.807) is 0 Å². The number of hydrogen-bond donors (Lipinski definition) is 3. The third kappa shape index (κ3) is 1.94. The Bertz CT molecular complexity index is 418. The Labute approximate surface area is 94.8 Å². The highest BCUT2D eigenvalue weighted by molar-refractivity contribution is 9.10. The molecule has 0 aliphatic heterocycles. The van der Waals surface area contributed by atoms with Crippen molar-refractivity contribution in [2.45, 2.75) is 24.8 Å². The molecule has 1 aromatic carbocycles. The molecule has 0 aromatic heterocycles. The van der Waals surface area contributed by atoms with E-state index in [0.717, 1.165) is 18.9 Å². The molecule has 82 valence electrons. The summed E-state index contributed by atoms with van der Waals surface area (Å²) in [6, 6.07) is 0.904. The Hall–Kier alpha value is -0.810. The second-order valence-electron chi connectivity index (χ2n) is 4.06. The van der Waals surface area contributed by atoms with E-state index in [2.05, 4.69) is 15.9 Å². The highest BCUT2D eigenvalue weighted by atomic mass is 79.9. The van der Waals surface area contributed by atoms with Crippen LogP contribution in [0.15, 0.2) is 10.5 Å². The summed E-state index contributed by atoms with van der Waals surface area (Å²) in [4.78, 5) is 0. The minimum Gasteiger partial charge on any atom is -0.504 e. The summed E-state index contributed by atoms with van der Waals surface area (Å²) in [5, 5.41) is 18.6. The normalized spacial score (nSPS) is 17.8. The van der Waals surface area contributed by atoms with Crippen molar-refractivity contribution in [2.24, 2.45) is 5.73 Å². The second-order valence-corrected chi connectivity index (χ2v) is 4.85. The molecule has 2 rings (SSSR count). The molecule has 3 nitrogen and oxygen atoms in total. The van der Waals surface area contributed by atoms with Crippen LogP contribution in [-0.4, -0.2) is 15.8 Å². The van der Waals surface area contributed by atoms with Gasteiger partial charge in [-0.15, -0.1) is 0 Å². The molecule has 0 bridgehead atoms. The minimum absolute atomic E-state index is 0.191. The average molecular weight is 276 g/mol. The predicted molar refractivity (Wildman–Crippen MR) is 57.3 cm³/mol. The minimum atomic E-state index is -0.547. The van der Waals surface area contributed by atoms with Crippen molar-refractivity contribution >= 4 is 15.9 Å². The highest BCUT2D eigenvalue weighted by Gasteiger charge is 2.39. The van der Waals surface area contributed by atoms with Crippen LogP contribution in [0.2, 0.25) is 0 Å². The summed E-state index contributed by atoms with van der Waals surface area (Å²) >= 11 is 3.06. The number of benzene rings is 1. The zero-order valence-electron chi connectivity index (χ0n) is 7.93. The molecule has 0 radical (unpaired) electrons. The molecule has 1 saturated carbocycles. The van der Waals surface area contributed by atoms with E-state index in [0.29, 0.717) is 12.0 Å². The molecule has 1 fully saturated rings. The first kappa shape index (κ1) is 10.7. The van der Waals surface area contributed by atoms with Crippen molar-refractivity contribution in [3.63, 3.8) is 0 Å². The molecule has 4 N–H and O–H groups in total. The van der Waals surface area contributed by atoms with Crippen LogP contribution in [0.4, 0.5) is 4.39 Å². The Morgan fingerprint density at radius 3 is 2.60 bits per heavy atom. The van der Waals surface area contributed by atoms with Crippen LogP contribution in [0.1, 0.15) is 18.4 Å². The zero-order valence-corrected chi connectivity index (χ0v) is 9.51. The lowest BCUT2D eigenvalue weighted by atomic mass is 10.0. The predicted octanol–water partition coefficient (Wildman–Crippen LogP) is 2.03. The molecule has 0 unspecified atom stereocenters. The maximum atomic E-state index is 13.5. The van der Waals surface area contributed by atoms with E-state index in [9.17, 15) is 9.50 Å². The van der Waals surface area contributed by atoms with Crippen LogP contribution in [0.3, 0.4) is 0 Å². The molecular weight excluding hydrogens is 265 g/mol. The van der Waals surface area contributed by atoms with Crippen LogP contribution >= 0.6 is 15.9 Å². The monoisotopic (exact) mass is 275 g/mol. The number of phenolic OH excluding ortho intramolecular Hbond substituents is 2. The average Bonchev–Trinajstić information content (AvgIpc) is 2.89. The number of aromatic hydroxyl groups is 2. The lowest BCUT2D eigenvalue weighted by Gasteiger charge is -2.13. The Morgan fingerprint density at radius 1 is 1.47 bits per heavy atom. The first-order valence-electron chi connectivity index (χ1n) is 4.61. The molecule has 5 heteroatoms. The SMILES string of the molecule is NC1(Cc2c(F)cc(O)c(O)c2Br)CC1. The van der Waals surface area contributed by atoms with Crippen LogP contribution < -0.4 is 5.73 Å². The Kier molecular flexibility index (Phi) is 2.39. The molecule has 1 aliphatic carbocycles. The molecule has 0 spiro atoms. The van der Waals surface area contributed by atoms with E-state index >= 15 is 0 Å².